The topological polar surface area (TPSA) is 37.4 Å². The number of rotatable bonds is 18. The average Bonchev–Trinajstić information content (AvgIpc) is 3.04. The van der Waals surface area contributed by atoms with E-state index in [1.54, 1.807) is 0 Å². The zero-order chi connectivity index (χ0) is 21.3. The van der Waals surface area contributed by atoms with Crippen LogP contribution in [0, 0.1) is 0 Å². The van der Waals surface area contributed by atoms with Crippen molar-refractivity contribution in [2.45, 2.75) is 143 Å². The van der Waals surface area contributed by atoms with Gasteiger partial charge >= 0.3 is 0 Å². The van der Waals surface area contributed by atoms with E-state index in [0.29, 0.717) is 12.8 Å². The van der Waals surface area contributed by atoms with Crippen LogP contribution < -0.4 is 0 Å². The molecule has 0 aromatic carbocycles. The van der Waals surface area contributed by atoms with Gasteiger partial charge in [-0.2, -0.15) is 0 Å². The number of hydrogen-bond acceptors (Lipinski definition) is 2. The molecule has 1 aliphatic rings. The van der Waals surface area contributed by atoms with Gasteiger partial charge in [-0.05, 0) is 32.6 Å². The smallest absolute Gasteiger partial charge is 0.234 e. The maximum atomic E-state index is 12.3. The van der Waals surface area contributed by atoms with Crippen LogP contribution in [0.5, 0.6) is 0 Å². The van der Waals surface area contributed by atoms with Crippen molar-refractivity contribution in [2.75, 3.05) is 0 Å². The Kier molecular flexibility index (Phi) is 14.9. The number of amides is 2. The Morgan fingerprint density at radius 1 is 0.621 bits per heavy atom. The number of nitrogens with zero attached hydrogens (tertiary/aromatic N) is 1. The fourth-order valence-corrected chi connectivity index (χ4v) is 4.31. The van der Waals surface area contributed by atoms with Gasteiger partial charge in [-0.15, -0.1) is 0 Å². The van der Waals surface area contributed by atoms with Gasteiger partial charge in [0.1, 0.15) is 0 Å². The van der Waals surface area contributed by atoms with Crippen LogP contribution in [0.15, 0.2) is 11.3 Å². The molecule has 0 aromatic rings. The Labute approximate surface area is 180 Å². The highest BCUT2D eigenvalue weighted by Crippen LogP contribution is 2.27. The first-order chi connectivity index (χ1) is 14.1. The second kappa shape index (κ2) is 16.7. The van der Waals surface area contributed by atoms with Gasteiger partial charge in [0.15, 0.2) is 0 Å². The van der Waals surface area contributed by atoms with Gasteiger partial charge in [-0.1, -0.05) is 103 Å². The van der Waals surface area contributed by atoms with Crippen LogP contribution in [0.3, 0.4) is 0 Å². The quantitative estimate of drug-likeness (QED) is 0.171. The first-order valence-corrected chi connectivity index (χ1v) is 12.7. The molecule has 0 radical (unpaired) electrons. The number of hydrogen-bond donors (Lipinski definition) is 0. The molecule has 0 aliphatic carbocycles. The molecule has 0 saturated carbocycles. The van der Waals surface area contributed by atoms with Crippen molar-refractivity contribution in [3.8, 4) is 0 Å². The van der Waals surface area contributed by atoms with Crippen LogP contribution >= 0.6 is 0 Å². The summed E-state index contributed by atoms with van der Waals surface area (Å²) in [4.78, 5) is 26.1. The van der Waals surface area contributed by atoms with Crippen molar-refractivity contribution in [2.24, 2.45) is 0 Å². The van der Waals surface area contributed by atoms with Crippen molar-refractivity contribution in [1.82, 2.24) is 4.90 Å². The molecule has 1 aliphatic heterocycles. The van der Waals surface area contributed by atoms with E-state index in [4.69, 9.17) is 0 Å². The van der Waals surface area contributed by atoms with E-state index < -0.39 is 0 Å². The third-order valence-electron chi connectivity index (χ3n) is 6.24. The first kappa shape index (κ1) is 25.9. The Bertz CT molecular complexity index is 479. The lowest BCUT2D eigenvalue weighted by Crippen LogP contribution is -2.29. The number of carbonyl (C=O) groups is 2. The fraction of sp³-hybridized carbons (Fsp3) is 0.846. The molecule has 0 unspecified atom stereocenters. The van der Waals surface area contributed by atoms with Gasteiger partial charge in [-0.25, -0.2) is 0 Å². The van der Waals surface area contributed by atoms with Gasteiger partial charge in [0.2, 0.25) is 11.8 Å². The van der Waals surface area contributed by atoms with Crippen LogP contribution in [0.4, 0.5) is 0 Å². The Balaban J connectivity index is 2.38. The van der Waals surface area contributed by atoms with E-state index in [2.05, 4.69) is 20.8 Å². The molecule has 3 heteroatoms. The predicted octanol–water partition coefficient (Wildman–Crippen LogP) is 8.08. The lowest BCUT2D eigenvalue weighted by molar-refractivity contribution is -0.136. The van der Waals surface area contributed by atoms with E-state index in [-0.39, 0.29) is 11.8 Å². The molecule has 0 aromatic heterocycles. The molecular formula is C26H47NO2. The minimum Gasteiger partial charge on any atom is -0.274 e. The zero-order valence-corrected chi connectivity index (χ0v) is 19.7. The van der Waals surface area contributed by atoms with Crippen molar-refractivity contribution in [3.05, 3.63) is 11.3 Å². The molecule has 1 heterocycles. The molecule has 168 valence electrons. The summed E-state index contributed by atoms with van der Waals surface area (Å²) < 4.78 is 0. The summed E-state index contributed by atoms with van der Waals surface area (Å²) in [6.07, 6.45) is 22.1. The summed E-state index contributed by atoms with van der Waals surface area (Å²) in [5, 5.41) is 0. The van der Waals surface area contributed by atoms with Gasteiger partial charge < -0.3 is 0 Å². The summed E-state index contributed by atoms with van der Waals surface area (Å²) in [6.45, 7) is 6.64. The predicted molar refractivity (Wildman–Crippen MR) is 124 cm³/mol. The molecule has 0 N–H and O–H groups in total. The highest BCUT2D eigenvalue weighted by atomic mass is 16.2. The monoisotopic (exact) mass is 405 g/mol. The third kappa shape index (κ3) is 11.0. The van der Waals surface area contributed by atoms with E-state index in [0.717, 1.165) is 25.0 Å². The van der Waals surface area contributed by atoms with E-state index in [9.17, 15) is 9.59 Å². The molecule has 2 amide bonds. The van der Waals surface area contributed by atoms with Crippen LogP contribution in [-0.4, -0.2) is 16.7 Å². The molecule has 29 heavy (non-hydrogen) atoms. The van der Waals surface area contributed by atoms with Gasteiger partial charge in [-0.3, -0.25) is 14.5 Å². The fourth-order valence-electron chi connectivity index (χ4n) is 4.31. The van der Waals surface area contributed by atoms with Crippen molar-refractivity contribution in [3.63, 3.8) is 0 Å². The molecule has 1 saturated heterocycles. The molecule has 3 nitrogen and oxygen atoms in total. The second-order valence-corrected chi connectivity index (χ2v) is 8.95. The standard InChI is InChI=1S/C26H47NO2/c1-4-6-8-10-11-12-13-14-16-17-19-23(3)24(20-18-15-9-7-5-2)27-25(28)21-22-26(27)29/h4-22H2,1-3H3. The molecule has 0 atom stereocenters. The summed E-state index contributed by atoms with van der Waals surface area (Å²) in [5.74, 6) is 0.0296. The summed E-state index contributed by atoms with van der Waals surface area (Å²) in [6, 6.07) is 0. The Morgan fingerprint density at radius 3 is 1.45 bits per heavy atom. The minimum absolute atomic E-state index is 0.0148. The largest absolute Gasteiger partial charge is 0.274 e. The summed E-state index contributed by atoms with van der Waals surface area (Å²) >= 11 is 0. The number of imide groups is 1. The van der Waals surface area contributed by atoms with E-state index in [1.165, 1.54) is 100 Å². The lowest BCUT2D eigenvalue weighted by Gasteiger charge is -2.21. The van der Waals surface area contributed by atoms with Crippen molar-refractivity contribution >= 4 is 11.8 Å². The van der Waals surface area contributed by atoms with E-state index >= 15 is 0 Å². The Morgan fingerprint density at radius 2 is 1.00 bits per heavy atom. The lowest BCUT2D eigenvalue weighted by atomic mass is 10.0. The molecule has 1 fully saturated rings. The number of carbonyl (C=O) groups excluding carboxylic acids is 2. The molecular weight excluding hydrogens is 358 g/mol. The number of likely N-dealkylation sites (tertiary alicyclic amines) is 1. The van der Waals surface area contributed by atoms with Crippen molar-refractivity contribution in [1.29, 1.82) is 0 Å². The van der Waals surface area contributed by atoms with Crippen LogP contribution in [0.25, 0.3) is 0 Å². The van der Waals surface area contributed by atoms with Crippen molar-refractivity contribution < 1.29 is 9.59 Å². The SMILES string of the molecule is CCCCCCCCCCCCC(C)=C(CCCCCCC)N1C(=O)CCC1=O. The Hall–Kier alpha value is -1.12. The average molecular weight is 406 g/mol. The third-order valence-corrected chi connectivity index (χ3v) is 6.24. The minimum atomic E-state index is 0.0148. The molecule has 0 bridgehead atoms. The van der Waals surface area contributed by atoms with Crippen LogP contribution in [0.2, 0.25) is 0 Å². The first-order valence-electron chi connectivity index (χ1n) is 12.7. The maximum absolute atomic E-state index is 12.3. The normalized spacial score (nSPS) is 15.3. The number of allylic oxidation sites excluding steroid dienone is 2. The van der Waals surface area contributed by atoms with E-state index in [1.807, 2.05) is 0 Å². The zero-order valence-electron chi connectivity index (χ0n) is 19.7. The molecule has 1 rings (SSSR count). The highest BCUT2D eigenvalue weighted by Gasteiger charge is 2.32. The molecule has 0 spiro atoms. The second-order valence-electron chi connectivity index (χ2n) is 8.95. The summed E-state index contributed by atoms with van der Waals surface area (Å²) in [7, 11) is 0. The summed E-state index contributed by atoms with van der Waals surface area (Å²) in [5.41, 5.74) is 2.30. The van der Waals surface area contributed by atoms with Crippen LogP contribution in [-0.2, 0) is 9.59 Å². The van der Waals surface area contributed by atoms with Gasteiger partial charge in [0.05, 0.1) is 0 Å². The van der Waals surface area contributed by atoms with Gasteiger partial charge in [0, 0.05) is 18.5 Å². The van der Waals surface area contributed by atoms with Gasteiger partial charge in [0.25, 0.3) is 0 Å². The highest BCUT2D eigenvalue weighted by molar-refractivity contribution is 6.03. The maximum Gasteiger partial charge on any atom is 0.234 e. The van der Waals surface area contributed by atoms with Crippen LogP contribution in [0.1, 0.15) is 143 Å². The number of unbranched alkanes of at least 4 members (excludes halogenated alkanes) is 13.